The quantitative estimate of drug-likeness (QED) is 0.910. The zero-order chi connectivity index (χ0) is 13.2. The molecular formula is C14H14N2O2S. The maximum atomic E-state index is 10.8. The van der Waals surface area contributed by atoms with Gasteiger partial charge in [0.2, 0.25) is 0 Å². The van der Waals surface area contributed by atoms with Crippen LogP contribution in [0.2, 0.25) is 0 Å². The Hall–Kier alpha value is -1.88. The number of pyridine rings is 1. The highest BCUT2D eigenvalue weighted by Crippen LogP contribution is 2.32. The van der Waals surface area contributed by atoms with Crippen LogP contribution in [0.15, 0.2) is 35.8 Å². The van der Waals surface area contributed by atoms with Gasteiger partial charge in [-0.1, -0.05) is 6.07 Å². The van der Waals surface area contributed by atoms with Gasteiger partial charge in [-0.05, 0) is 36.4 Å². The zero-order valence-corrected chi connectivity index (χ0v) is 11.1. The van der Waals surface area contributed by atoms with Gasteiger partial charge in [-0.3, -0.25) is 0 Å². The predicted octanol–water partition coefficient (Wildman–Crippen LogP) is 3.01. The largest absolute Gasteiger partial charge is 0.478 e. The van der Waals surface area contributed by atoms with Crippen molar-refractivity contribution in [3.63, 3.8) is 0 Å². The third kappa shape index (κ3) is 2.76. The lowest BCUT2D eigenvalue weighted by Crippen LogP contribution is -2.25. The van der Waals surface area contributed by atoms with Crippen molar-refractivity contribution in [2.24, 2.45) is 0 Å². The summed E-state index contributed by atoms with van der Waals surface area (Å²) in [5, 5.41) is 11.0. The normalized spacial score (nSPS) is 14.3. The highest BCUT2D eigenvalue weighted by molar-refractivity contribution is 7.09. The van der Waals surface area contributed by atoms with E-state index in [-0.39, 0.29) is 5.56 Å². The third-order valence-electron chi connectivity index (χ3n) is 3.18. The van der Waals surface area contributed by atoms with E-state index in [0.29, 0.717) is 6.04 Å². The maximum absolute atomic E-state index is 10.8. The van der Waals surface area contributed by atoms with Crippen LogP contribution in [0.25, 0.3) is 0 Å². The Bertz CT molecular complexity index is 562. The summed E-state index contributed by atoms with van der Waals surface area (Å²) < 4.78 is 0. The monoisotopic (exact) mass is 274 g/mol. The van der Waals surface area contributed by atoms with Gasteiger partial charge in [0.15, 0.2) is 0 Å². The number of aromatic carboxylic acids is 1. The smallest absolute Gasteiger partial charge is 0.337 e. The van der Waals surface area contributed by atoms with E-state index < -0.39 is 5.97 Å². The zero-order valence-electron chi connectivity index (χ0n) is 10.3. The summed E-state index contributed by atoms with van der Waals surface area (Å²) in [4.78, 5) is 18.7. The molecule has 2 aromatic rings. The predicted molar refractivity (Wildman–Crippen MR) is 74.7 cm³/mol. The summed E-state index contributed by atoms with van der Waals surface area (Å²) >= 11 is 1.74. The van der Waals surface area contributed by atoms with Crippen molar-refractivity contribution in [2.45, 2.75) is 25.4 Å². The van der Waals surface area contributed by atoms with Gasteiger partial charge in [0.1, 0.15) is 5.82 Å². The Kier molecular flexibility index (Phi) is 3.21. The van der Waals surface area contributed by atoms with Crippen molar-refractivity contribution in [3.05, 3.63) is 46.3 Å². The van der Waals surface area contributed by atoms with Crippen LogP contribution < -0.4 is 4.90 Å². The second-order valence-electron chi connectivity index (χ2n) is 4.65. The van der Waals surface area contributed by atoms with Gasteiger partial charge in [0.05, 0.1) is 12.1 Å². The summed E-state index contributed by atoms with van der Waals surface area (Å²) in [5.74, 6) is -0.0730. The number of carbonyl (C=O) groups is 1. The van der Waals surface area contributed by atoms with Crippen LogP contribution in [-0.2, 0) is 6.54 Å². The van der Waals surface area contributed by atoms with Gasteiger partial charge in [-0.2, -0.15) is 0 Å². The number of carboxylic acid groups (broad SMARTS) is 1. The molecule has 0 saturated heterocycles. The lowest BCUT2D eigenvalue weighted by molar-refractivity contribution is 0.0696. The number of carboxylic acids is 1. The lowest BCUT2D eigenvalue weighted by atomic mass is 10.2. The Morgan fingerprint density at radius 2 is 2.26 bits per heavy atom. The first kappa shape index (κ1) is 12.2. The molecule has 1 saturated carbocycles. The number of aromatic nitrogens is 1. The Morgan fingerprint density at radius 1 is 1.42 bits per heavy atom. The number of rotatable bonds is 5. The van der Waals surface area contributed by atoms with Gasteiger partial charge >= 0.3 is 5.97 Å². The van der Waals surface area contributed by atoms with E-state index in [0.717, 1.165) is 12.4 Å². The van der Waals surface area contributed by atoms with Crippen LogP contribution in [-0.4, -0.2) is 22.1 Å². The molecule has 19 heavy (non-hydrogen) atoms. The molecule has 0 aromatic carbocycles. The van der Waals surface area contributed by atoms with E-state index in [1.807, 2.05) is 6.07 Å². The molecule has 3 rings (SSSR count). The van der Waals surface area contributed by atoms with E-state index >= 15 is 0 Å². The number of hydrogen-bond acceptors (Lipinski definition) is 4. The number of anilines is 1. The highest BCUT2D eigenvalue weighted by Gasteiger charge is 2.30. The van der Waals surface area contributed by atoms with E-state index in [2.05, 4.69) is 21.3 Å². The second kappa shape index (κ2) is 5.01. The minimum atomic E-state index is -0.935. The summed E-state index contributed by atoms with van der Waals surface area (Å²) in [6, 6.07) is 8.13. The lowest BCUT2D eigenvalue weighted by Gasteiger charge is -2.22. The molecule has 5 heteroatoms. The van der Waals surface area contributed by atoms with Crippen molar-refractivity contribution >= 4 is 23.1 Å². The Labute approximate surface area is 115 Å². The molecule has 1 N–H and O–H groups in total. The first-order valence-electron chi connectivity index (χ1n) is 6.22. The fourth-order valence-corrected chi connectivity index (χ4v) is 2.74. The van der Waals surface area contributed by atoms with Crippen LogP contribution in [0.1, 0.15) is 28.1 Å². The molecular weight excluding hydrogens is 260 g/mol. The molecule has 0 atom stereocenters. The second-order valence-corrected chi connectivity index (χ2v) is 5.68. The van der Waals surface area contributed by atoms with Crippen molar-refractivity contribution in [2.75, 3.05) is 4.90 Å². The number of hydrogen-bond donors (Lipinski definition) is 1. The minimum Gasteiger partial charge on any atom is -0.478 e. The van der Waals surface area contributed by atoms with E-state index in [4.69, 9.17) is 5.11 Å². The molecule has 0 bridgehead atoms. The fraction of sp³-hybridized carbons (Fsp3) is 0.286. The average Bonchev–Trinajstić information content (AvgIpc) is 3.13. The fourth-order valence-electron chi connectivity index (χ4n) is 2.04. The molecule has 1 aliphatic rings. The van der Waals surface area contributed by atoms with Crippen molar-refractivity contribution in [1.29, 1.82) is 0 Å². The van der Waals surface area contributed by atoms with Crippen molar-refractivity contribution in [3.8, 4) is 0 Å². The summed E-state index contributed by atoms with van der Waals surface area (Å²) in [7, 11) is 0. The summed E-state index contributed by atoms with van der Waals surface area (Å²) in [5.41, 5.74) is 0.232. The Morgan fingerprint density at radius 3 is 2.79 bits per heavy atom. The molecule has 0 radical (unpaired) electrons. The average molecular weight is 274 g/mol. The standard InChI is InChI=1S/C14H14N2O2S/c17-14(18)10-3-6-13(15-8-10)16(11-4-5-11)9-12-2-1-7-19-12/h1-3,6-8,11H,4-5,9H2,(H,17,18). The first-order valence-corrected chi connectivity index (χ1v) is 7.10. The van der Waals surface area contributed by atoms with Gasteiger partial charge in [-0.15, -0.1) is 11.3 Å². The van der Waals surface area contributed by atoms with Gasteiger partial charge in [-0.25, -0.2) is 9.78 Å². The molecule has 2 aromatic heterocycles. The van der Waals surface area contributed by atoms with Gasteiger partial charge < -0.3 is 10.0 Å². The topological polar surface area (TPSA) is 53.4 Å². The number of thiophene rings is 1. The molecule has 1 fully saturated rings. The van der Waals surface area contributed by atoms with Crippen LogP contribution in [0.5, 0.6) is 0 Å². The molecule has 4 nitrogen and oxygen atoms in total. The van der Waals surface area contributed by atoms with Gasteiger partial charge in [0.25, 0.3) is 0 Å². The minimum absolute atomic E-state index is 0.232. The maximum Gasteiger partial charge on any atom is 0.337 e. The summed E-state index contributed by atoms with van der Waals surface area (Å²) in [6.45, 7) is 0.849. The molecule has 0 spiro atoms. The molecule has 2 heterocycles. The number of nitrogens with zero attached hydrogens (tertiary/aromatic N) is 2. The molecule has 0 aliphatic heterocycles. The van der Waals surface area contributed by atoms with Crippen LogP contribution in [0.4, 0.5) is 5.82 Å². The third-order valence-corrected chi connectivity index (χ3v) is 4.04. The highest BCUT2D eigenvalue weighted by atomic mass is 32.1. The van der Waals surface area contributed by atoms with Crippen LogP contribution in [0, 0.1) is 0 Å². The summed E-state index contributed by atoms with van der Waals surface area (Å²) in [6.07, 6.45) is 3.81. The molecule has 98 valence electrons. The molecule has 1 aliphatic carbocycles. The van der Waals surface area contributed by atoms with Crippen molar-refractivity contribution in [1.82, 2.24) is 4.98 Å². The van der Waals surface area contributed by atoms with Gasteiger partial charge in [0, 0.05) is 17.1 Å². The van der Waals surface area contributed by atoms with Crippen molar-refractivity contribution < 1.29 is 9.90 Å². The SMILES string of the molecule is O=C(O)c1ccc(N(Cc2cccs2)C2CC2)nc1. The van der Waals surface area contributed by atoms with Crippen LogP contribution in [0.3, 0.4) is 0 Å². The van der Waals surface area contributed by atoms with E-state index in [1.54, 1.807) is 23.5 Å². The molecule has 0 unspecified atom stereocenters. The molecule has 0 amide bonds. The first-order chi connectivity index (χ1) is 9.24. The Balaban J connectivity index is 1.81. The van der Waals surface area contributed by atoms with E-state index in [9.17, 15) is 4.79 Å². The van der Waals surface area contributed by atoms with E-state index in [1.165, 1.54) is 23.9 Å². The van der Waals surface area contributed by atoms with Crippen LogP contribution >= 0.6 is 11.3 Å².